The van der Waals surface area contributed by atoms with Crippen LogP contribution in [0.3, 0.4) is 0 Å². The molecule has 6 aliphatic carbocycles. The van der Waals surface area contributed by atoms with Crippen molar-refractivity contribution in [1.29, 1.82) is 0 Å². The van der Waals surface area contributed by atoms with Crippen molar-refractivity contribution in [2.24, 2.45) is 0 Å². The third-order valence-corrected chi connectivity index (χ3v) is 17.6. The average molecular weight is 1450 g/mol. The monoisotopic (exact) mass is 1450 g/mol. The second-order valence-electron chi connectivity index (χ2n) is 27.0. The van der Waals surface area contributed by atoms with Gasteiger partial charge in [-0.2, -0.15) is 0 Å². The number of allylic oxidation sites excluding steroid dienone is 28. The largest absolute Gasteiger partial charge is 0.508 e. The molecule has 20 heteroatoms. The Morgan fingerprint density at radius 3 is 0.962 bits per heavy atom. The highest BCUT2D eigenvalue weighted by Gasteiger charge is 2.36. The fraction of sp³-hybridized carbons (Fsp3) is 0.435. The van der Waals surface area contributed by atoms with E-state index in [4.69, 9.17) is 20.1 Å². The molecule has 0 unspecified atom stereocenters. The number of Topliss-reactive ketones (excluding diaryl/α,β-unsaturated/α-hetero) is 11. The van der Waals surface area contributed by atoms with Crippen molar-refractivity contribution in [1.82, 2.24) is 0 Å². The molecule has 6 aliphatic rings. The highest BCUT2D eigenvalue weighted by Crippen LogP contribution is 2.33. The van der Waals surface area contributed by atoms with E-state index < -0.39 is 49.6 Å². The van der Waals surface area contributed by atoms with Crippen molar-refractivity contribution in [3.63, 3.8) is 0 Å². The predicted molar refractivity (Wildman–Crippen MR) is 407 cm³/mol. The Bertz CT molecular complexity index is 4140. The van der Waals surface area contributed by atoms with Crippen LogP contribution in [-0.4, -0.2) is 145 Å². The zero-order valence-corrected chi connectivity index (χ0v) is 65.6. The van der Waals surface area contributed by atoms with Gasteiger partial charge in [-0.3, -0.25) is 57.5 Å². The Hall–Kier alpha value is -9.44. The molecule has 0 fully saturated rings. The first-order valence-corrected chi connectivity index (χ1v) is 34.9. The average Bonchev–Trinajstić information content (AvgIpc) is 0.809. The molecule has 7 N–H and O–H groups in total. The summed E-state index contributed by atoms with van der Waals surface area (Å²) in [7, 11) is 0. The van der Waals surface area contributed by atoms with Crippen LogP contribution in [-0.2, 0) is 62.3 Å². The number of ether oxygens (including phenoxy) is 1. The highest BCUT2D eigenvalue weighted by molar-refractivity contribution is 6.50. The summed E-state index contributed by atoms with van der Waals surface area (Å²) in [6.45, 7) is 38.2. The molecule has 0 aromatic rings. The van der Waals surface area contributed by atoms with Crippen LogP contribution in [0.5, 0.6) is 0 Å². The summed E-state index contributed by atoms with van der Waals surface area (Å²) in [6.07, 6.45) is 16.9. The number of hydrogen-bond donors (Lipinski definition) is 7. The maximum Gasteiger partial charge on any atom is 0.235 e. The molecule has 20 nitrogen and oxygen atoms in total. The lowest BCUT2D eigenvalue weighted by atomic mass is 9.83. The minimum absolute atomic E-state index is 0.0148. The number of aliphatic hydroxyl groups is 7. The van der Waals surface area contributed by atoms with E-state index in [1.54, 1.807) is 55.4 Å². The number of carbonyl (C=O) groups excluding carboxylic acids is 12. The molecule has 0 bridgehead atoms. The van der Waals surface area contributed by atoms with Gasteiger partial charge in [0, 0.05) is 106 Å². The van der Waals surface area contributed by atoms with Gasteiger partial charge in [-0.25, -0.2) is 0 Å². The molecular weight excluding hydrogens is 1340 g/mol. The first-order valence-electron chi connectivity index (χ1n) is 34.9. The Morgan fingerprint density at radius 2 is 0.590 bits per heavy atom. The third-order valence-electron chi connectivity index (χ3n) is 17.6. The molecular formula is C85H110O20. The molecule has 0 heterocycles. The van der Waals surface area contributed by atoms with Crippen molar-refractivity contribution >= 4 is 69.4 Å². The van der Waals surface area contributed by atoms with Gasteiger partial charge < -0.3 is 40.5 Å². The summed E-state index contributed by atoms with van der Waals surface area (Å²) >= 11 is 0. The zero-order valence-electron chi connectivity index (χ0n) is 65.6. The van der Waals surface area contributed by atoms with Crippen LogP contribution >= 0.6 is 0 Å². The van der Waals surface area contributed by atoms with E-state index in [0.29, 0.717) is 136 Å². The summed E-state index contributed by atoms with van der Waals surface area (Å²) in [5, 5.41) is 65.2. The van der Waals surface area contributed by atoms with E-state index in [0.717, 1.165) is 45.9 Å². The molecule has 570 valence electrons. The molecule has 0 saturated heterocycles. The summed E-state index contributed by atoms with van der Waals surface area (Å²) in [5.74, 6) is -4.27. The van der Waals surface area contributed by atoms with E-state index in [1.165, 1.54) is 0 Å². The fourth-order valence-electron chi connectivity index (χ4n) is 11.0. The quantitative estimate of drug-likeness (QED) is 0.0229. The van der Waals surface area contributed by atoms with Gasteiger partial charge in [0.15, 0.2) is 46.2 Å². The van der Waals surface area contributed by atoms with Crippen molar-refractivity contribution in [3.8, 4) is 0 Å². The maximum absolute atomic E-state index is 12.3. The standard InChI is InChI=1S/C15H20O4.C15H20O2.C14H18O4.2C14H18O3.C13H16O4/c1-5-19-15-11(7-6-9(2)3)14(18)12(8-16)10(4)13(15)17;1-6-12-10(4)15(17)13(8-7-9(2)3)11(5)14(12)16;1-8(2)4-5-10-9(3)13(17)11(6-15)12(7-16)14(10)18;1-8(2)5-6-11-9(3)13(16)10(4)12(7-15)14(11)17;1-4-5-11-10(7-6-9(2)3)12(15)8-13(16)14(11)17;1-7(2)4-5-9-8(3)11(15)10(6-14)13(17)12(9)16/h6,16H,5,7-8H2,1-4H3;7H,6,8H2,1-5H3;4,15-16H,5-7H2,1-3H3;5,15H,6-7H2,1-4H3;6,8,15H,4-5,7H2,1-3H3;4,14-15H,5-6H2,1-3H3. The molecule has 0 atom stereocenters. The van der Waals surface area contributed by atoms with Gasteiger partial charge in [0.2, 0.25) is 28.9 Å². The molecule has 105 heavy (non-hydrogen) atoms. The van der Waals surface area contributed by atoms with Crippen molar-refractivity contribution < 1.29 is 98.0 Å². The zero-order chi connectivity index (χ0) is 80.9. The lowest BCUT2D eigenvalue weighted by Crippen LogP contribution is -2.27. The lowest BCUT2D eigenvalue weighted by Gasteiger charge is -2.20. The Morgan fingerprint density at radius 1 is 0.305 bits per heavy atom. The van der Waals surface area contributed by atoms with Gasteiger partial charge in [0.1, 0.15) is 11.5 Å². The number of ketones is 12. The van der Waals surface area contributed by atoms with E-state index in [1.807, 2.05) is 133 Å². The Labute approximate surface area is 619 Å². The molecule has 0 saturated carbocycles. The number of aliphatic hydroxyl groups excluding tert-OH is 7. The van der Waals surface area contributed by atoms with Crippen LogP contribution in [0.15, 0.2) is 205 Å². The first-order chi connectivity index (χ1) is 49.0. The molecule has 0 aromatic heterocycles. The molecule has 0 aromatic carbocycles. The van der Waals surface area contributed by atoms with E-state index in [9.17, 15) is 78.0 Å². The smallest absolute Gasteiger partial charge is 0.235 e. The van der Waals surface area contributed by atoms with Crippen LogP contribution in [0, 0.1) is 0 Å². The predicted octanol–water partition coefficient (Wildman–Crippen LogP) is 13.5. The minimum Gasteiger partial charge on any atom is -0.508 e. The second kappa shape index (κ2) is 44.4. The van der Waals surface area contributed by atoms with Gasteiger partial charge in [0.25, 0.3) is 0 Å². The van der Waals surface area contributed by atoms with Crippen molar-refractivity contribution in [2.75, 3.05) is 39.6 Å². The van der Waals surface area contributed by atoms with Crippen LogP contribution in [0.25, 0.3) is 0 Å². The summed E-state index contributed by atoms with van der Waals surface area (Å²) in [6, 6.07) is 0. The van der Waals surface area contributed by atoms with Crippen LogP contribution in [0.4, 0.5) is 0 Å². The normalized spacial score (nSPS) is 16.5. The van der Waals surface area contributed by atoms with Crippen LogP contribution in [0.1, 0.15) is 210 Å². The van der Waals surface area contributed by atoms with Crippen LogP contribution < -0.4 is 0 Å². The van der Waals surface area contributed by atoms with E-state index in [2.05, 4.69) is 0 Å². The molecule has 0 aliphatic heterocycles. The van der Waals surface area contributed by atoms with Crippen LogP contribution in [0.2, 0.25) is 0 Å². The third kappa shape index (κ3) is 25.4. The van der Waals surface area contributed by atoms with Gasteiger partial charge >= 0.3 is 0 Å². The van der Waals surface area contributed by atoms with Gasteiger partial charge in [-0.05, 0) is 195 Å². The number of hydrogen-bond acceptors (Lipinski definition) is 20. The fourth-order valence-corrected chi connectivity index (χ4v) is 11.0. The van der Waals surface area contributed by atoms with Gasteiger partial charge in [0.05, 0.1) is 45.2 Å². The molecule has 0 amide bonds. The highest BCUT2D eigenvalue weighted by atomic mass is 16.5. The second-order valence-corrected chi connectivity index (χ2v) is 27.0. The summed E-state index contributed by atoms with van der Waals surface area (Å²) in [5.41, 5.74) is 13.8. The van der Waals surface area contributed by atoms with Gasteiger partial charge in [-0.1, -0.05) is 90.2 Å². The molecule has 0 radical (unpaired) electrons. The topological polar surface area (TPSA) is 356 Å². The summed E-state index contributed by atoms with van der Waals surface area (Å²) < 4.78 is 5.34. The number of rotatable bonds is 22. The van der Waals surface area contributed by atoms with Gasteiger partial charge in [-0.15, -0.1) is 0 Å². The number of carbonyl (C=O) groups is 12. The van der Waals surface area contributed by atoms with E-state index in [-0.39, 0.29) is 104 Å². The Kier molecular flexibility index (Phi) is 39.6. The van der Waals surface area contributed by atoms with E-state index >= 15 is 0 Å². The molecule has 6 rings (SSSR count). The Balaban J connectivity index is 0.000000630. The minimum atomic E-state index is -0.812. The SMILES string of the molecule is CC(C)=CCC1=C(C)C(=O)C(C)=C(CO)C1=O.CC(C)=CCC1=C(C)C(=O)C(CO)=C(CO)C1=O.CC(C)=CCC1=C(C)C(O)=C(CO)C(=O)C1=O.CCC1=C(C)C(=O)C(CC=C(C)C)=C(C)C1=O.CCCC1=C(CC=C(C)C)C(O)=CC(=O)C1=O.CCOC1=C(CC=C(C)C)C(=O)C(CO)=C(C)C1=O. The lowest BCUT2D eigenvalue weighted by molar-refractivity contribution is -0.132. The first kappa shape index (κ1) is 93.6. The van der Waals surface area contributed by atoms with Crippen molar-refractivity contribution in [3.05, 3.63) is 205 Å². The molecule has 0 spiro atoms. The maximum atomic E-state index is 12.3. The van der Waals surface area contributed by atoms with Crippen molar-refractivity contribution in [2.45, 2.75) is 210 Å². The summed E-state index contributed by atoms with van der Waals surface area (Å²) in [4.78, 5) is 143.